The number of hydrogen-bond donors (Lipinski definition) is 0. The first-order valence-corrected chi connectivity index (χ1v) is 8.59. The lowest BCUT2D eigenvalue weighted by atomic mass is 9.99. The van der Waals surface area contributed by atoms with Crippen LogP contribution in [0.5, 0.6) is 0 Å². The molecule has 2 aromatic carbocycles. The van der Waals surface area contributed by atoms with E-state index in [0.717, 1.165) is 24.3 Å². The maximum Gasteiger partial charge on any atom is 0.283 e. The Morgan fingerprint density at radius 1 is 1.32 bits per heavy atom. The highest BCUT2D eigenvalue weighted by Crippen LogP contribution is 2.38. The van der Waals surface area contributed by atoms with Crippen LogP contribution in [0.4, 0.5) is 23.2 Å². The first-order chi connectivity index (χ1) is 13.1. The van der Waals surface area contributed by atoms with Crippen LogP contribution in [0, 0.1) is 21.9 Å². The number of fused-ring (bicyclic) bond motifs is 1. The molecule has 0 bridgehead atoms. The number of benzene rings is 2. The lowest BCUT2D eigenvalue weighted by Gasteiger charge is -2.09. The molecule has 0 N–H and O–H groups in total. The Balaban J connectivity index is 2.33. The number of hydrogen-bond acceptors (Lipinski definition) is 4. The minimum absolute atomic E-state index is 0.179. The van der Waals surface area contributed by atoms with Crippen molar-refractivity contribution in [2.75, 3.05) is 0 Å². The third kappa shape index (κ3) is 3.47. The predicted octanol–water partition coefficient (Wildman–Crippen LogP) is 5.13. The number of alkyl halides is 2. The molecule has 0 radical (unpaired) electrons. The third-order valence-electron chi connectivity index (χ3n) is 3.83. The lowest BCUT2D eigenvalue weighted by Crippen LogP contribution is -2.10. The van der Waals surface area contributed by atoms with Gasteiger partial charge in [-0.3, -0.25) is 19.6 Å². The molecule has 6 nitrogen and oxygen atoms in total. The molecular weight excluding hydrogens is 474 g/mol. The second-order valence-electron chi connectivity index (χ2n) is 5.55. The van der Waals surface area contributed by atoms with Gasteiger partial charge in [-0.25, -0.2) is 13.2 Å². The largest absolute Gasteiger partial charge is 0.288 e. The summed E-state index contributed by atoms with van der Waals surface area (Å²) < 4.78 is 53.4. The van der Waals surface area contributed by atoms with Gasteiger partial charge in [0.25, 0.3) is 12.1 Å². The molecule has 3 rings (SSSR count). The average Bonchev–Trinajstić information content (AvgIpc) is 2.91. The van der Waals surface area contributed by atoms with Crippen molar-refractivity contribution in [1.82, 2.24) is 9.78 Å². The summed E-state index contributed by atoms with van der Waals surface area (Å²) in [4.78, 5) is 23.4. The minimum Gasteiger partial charge on any atom is -0.288 e. The summed E-state index contributed by atoms with van der Waals surface area (Å²) in [5, 5.41) is 14.2. The van der Waals surface area contributed by atoms with Gasteiger partial charge >= 0.3 is 0 Å². The van der Waals surface area contributed by atoms with Gasteiger partial charge < -0.3 is 0 Å². The van der Waals surface area contributed by atoms with E-state index in [1.54, 1.807) is 0 Å². The highest BCUT2D eigenvalue weighted by atomic mass is 79.9. The van der Waals surface area contributed by atoms with E-state index in [-0.39, 0.29) is 20.6 Å². The quantitative estimate of drug-likeness (QED) is 0.219. The zero-order chi connectivity index (χ0) is 20.7. The first kappa shape index (κ1) is 20.2. The number of aromatic nitrogens is 2. The molecule has 1 heterocycles. The number of ketones is 1. The molecule has 3 aromatic rings. The molecule has 0 aliphatic carbocycles. The van der Waals surface area contributed by atoms with Crippen LogP contribution in [-0.4, -0.2) is 26.9 Å². The maximum absolute atomic E-state index is 14.3. The van der Waals surface area contributed by atoms with Crippen molar-refractivity contribution < 1.29 is 27.3 Å². The van der Waals surface area contributed by atoms with Crippen LogP contribution in [0.2, 0.25) is 5.02 Å². The Labute approximate surface area is 167 Å². The highest BCUT2D eigenvalue weighted by molar-refractivity contribution is 9.10. The highest BCUT2D eigenvalue weighted by Gasteiger charge is 2.31. The summed E-state index contributed by atoms with van der Waals surface area (Å²) in [5.41, 5.74) is -2.11. The topological polar surface area (TPSA) is 78.0 Å². The third-order valence-corrected chi connectivity index (χ3v) is 4.95. The molecule has 0 spiro atoms. The zero-order valence-corrected chi connectivity index (χ0v) is 15.8. The Kier molecular flexibility index (Phi) is 5.39. The van der Waals surface area contributed by atoms with Crippen molar-refractivity contribution >= 4 is 49.9 Å². The van der Waals surface area contributed by atoms with Crippen molar-refractivity contribution in [2.24, 2.45) is 0 Å². The molecule has 0 atom stereocenters. The van der Waals surface area contributed by atoms with Gasteiger partial charge in [0.15, 0.2) is 0 Å². The van der Waals surface area contributed by atoms with E-state index in [0.29, 0.717) is 4.68 Å². The van der Waals surface area contributed by atoms with E-state index in [1.165, 1.54) is 0 Å². The number of nitrogens with zero attached hydrogens (tertiary/aromatic N) is 3. The number of carbonyl (C=O) groups is 1. The van der Waals surface area contributed by atoms with Crippen molar-refractivity contribution in [2.45, 2.75) is 13.0 Å². The second-order valence-corrected chi connectivity index (χ2v) is 6.75. The van der Waals surface area contributed by atoms with Crippen LogP contribution < -0.4 is 0 Å². The van der Waals surface area contributed by atoms with Gasteiger partial charge in [-0.2, -0.15) is 4.39 Å². The molecule has 0 aliphatic rings. The van der Waals surface area contributed by atoms with Gasteiger partial charge in [0.05, 0.1) is 20.8 Å². The molecule has 28 heavy (non-hydrogen) atoms. The number of halogens is 6. The first-order valence-electron chi connectivity index (χ1n) is 7.42. The van der Waals surface area contributed by atoms with Crippen molar-refractivity contribution in [3.8, 4) is 0 Å². The van der Waals surface area contributed by atoms with Crippen LogP contribution in [0.15, 0.2) is 28.7 Å². The van der Waals surface area contributed by atoms with Gasteiger partial charge in [-0.1, -0.05) is 11.6 Å². The van der Waals surface area contributed by atoms with Gasteiger partial charge in [0, 0.05) is 16.1 Å². The minimum atomic E-state index is -2.90. The van der Waals surface area contributed by atoms with E-state index >= 15 is 0 Å². The molecule has 12 heteroatoms. The van der Waals surface area contributed by atoms with Gasteiger partial charge in [0.1, 0.15) is 17.9 Å². The van der Waals surface area contributed by atoms with E-state index in [1.807, 2.05) is 0 Å². The van der Waals surface area contributed by atoms with Gasteiger partial charge in [-0.15, -0.1) is 5.10 Å². The molecule has 0 saturated carbocycles. The van der Waals surface area contributed by atoms with Crippen LogP contribution in [-0.2, 0) is 6.54 Å². The number of rotatable bonds is 5. The molecular formula is C16H7BrClF4N3O3. The summed E-state index contributed by atoms with van der Waals surface area (Å²) >= 11 is 8.82. The molecule has 0 saturated heterocycles. The zero-order valence-electron chi connectivity index (χ0n) is 13.4. The second kappa shape index (κ2) is 7.47. The van der Waals surface area contributed by atoms with Crippen LogP contribution in [0.3, 0.4) is 0 Å². The fourth-order valence-electron chi connectivity index (χ4n) is 2.67. The van der Waals surface area contributed by atoms with E-state index < -0.39 is 52.1 Å². The predicted molar refractivity (Wildman–Crippen MR) is 94.9 cm³/mol. The smallest absolute Gasteiger partial charge is 0.283 e. The molecule has 0 fully saturated rings. The molecule has 146 valence electrons. The average molecular weight is 481 g/mol. The lowest BCUT2D eigenvalue weighted by molar-refractivity contribution is -0.385. The molecule has 0 unspecified atom stereocenters. The number of nitro groups is 1. The summed E-state index contributed by atoms with van der Waals surface area (Å²) in [6.45, 7) is -1.01. The van der Waals surface area contributed by atoms with E-state index in [4.69, 9.17) is 11.6 Å². The van der Waals surface area contributed by atoms with Crippen molar-refractivity contribution in [3.63, 3.8) is 0 Å². The molecule has 1 aromatic heterocycles. The fraction of sp³-hybridized carbons (Fsp3) is 0.125. The van der Waals surface area contributed by atoms with Crippen LogP contribution >= 0.6 is 27.5 Å². The van der Waals surface area contributed by atoms with Crippen molar-refractivity contribution in [1.29, 1.82) is 0 Å². The van der Waals surface area contributed by atoms with Gasteiger partial charge in [-0.05, 0) is 34.1 Å². The van der Waals surface area contributed by atoms with Crippen LogP contribution in [0.25, 0.3) is 10.9 Å². The summed E-state index contributed by atoms with van der Waals surface area (Å²) in [6, 6.07) is 3.62. The van der Waals surface area contributed by atoms with E-state index in [9.17, 15) is 32.5 Å². The Morgan fingerprint density at radius 2 is 2.00 bits per heavy atom. The monoisotopic (exact) mass is 479 g/mol. The Bertz CT molecular complexity index is 1140. The molecule has 0 amide bonds. The van der Waals surface area contributed by atoms with E-state index in [2.05, 4.69) is 21.0 Å². The fourth-order valence-corrected chi connectivity index (χ4v) is 3.62. The van der Waals surface area contributed by atoms with Crippen LogP contribution in [0.1, 0.15) is 15.9 Å². The normalized spacial score (nSPS) is 11.4. The standard InChI is InChI=1S/C16H7BrClF4N3O3/c17-14-12(15(26)7-3-6(19)1-2-8(7)18)10(25(27)28)4-9-13(14)16(22)23-24(9)5-11(20)21/h1-4,11H,5H2. The molecule has 0 aliphatic heterocycles. The number of nitro benzene ring substituents is 1. The SMILES string of the molecule is O=C(c1cc(F)ccc1Cl)c1c([N+](=O)[O-])cc2c(c(F)nn2CC(F)F)c1Br. The summed E-state index contributed by atoms with van der Waals surface area (Å²) in [7, 11) is 0. The maximum atomic E-state index is 14.3. The van der Waals surface area contributed by atoms with Crippen molar-refractivity contribution in [3.05, 3.63) is 66.8 Å². The Morgan fingerprint density at radius 3 is 2.61 bits per heavy atom. The number of carbonyl (C=O) groups excluding carboxylic acids is 1. The summed E-state index contributed by atoms with van der Waals surface area (Å²) in [5.74, 6) is -3.08. The Hall–Kier alpha value is -2.53. The van der Waals surface area contributed by atoms with Gasteiger partial charge in [0.2, 0.25) is 11.7 Å². The summed E-state index contributed by atoms with van der Waals surface area (Å²) in [6.07, 6.45) is -2.90.